The molecular formula is C11H7F6N3O. The van der Waals surface area contributed by atoms with Crippen molar-refractivity contribution < 1.29 is 31.1 Å². The lowest BCUT2D eigenvalue weighted by Crippen LogP contribution is -2.17. The third-order valence-electron chi connectivity index (χ3n) is 2.46. The summed E-state index contributed by atoms with van der Waals surface area (Å²) in [5.41, 5.74) is 0.384. The molecule has 0 bridgehead atoms. The van der Waals surface area contributed by atoms with Crippen molar-refractivity contribution >= 4 is 16.6 Å². The normalized spacial score (nSPS) is 12.5. The summed E-state index contributed by atoms with van der Waals surface area (Å²) in [5, 5.41) is -0.0350. The van der Waals surface area contributed by atoms with Crippen molar-refractivity contribution in [3.05, 3.63) is 30.0 Å². The quantitative estimate of drug-likeness (QED) is 0.507. The van der Waals surface area contributed by atoms with E-state index >= 15 is 0 Å². The molecule has 0 saturated heterocycles. The van der Waals surface area contributed by atoms with Gasteiger partial charge in [-0.1, -0.05) is 0 Å². The molecule has 0 atom stereocenters. The smallest absolute Gasteiger partial charge is 0.406 e. The van der Waals surface area contributed by atoms with Gasteiger partial charge in [-0.15, -0.1) is 13.2 Å². The predicted octanol–water partition coefficient (Wildman–Crippen LogP) is 3.44. The van der Waals surface area contributed by atoms with Crippen LogP contribution in [-0.2, 0) is 6.18 Å². The van der Waals surface area contributed by atoms with Crippen LogP contribution in [0.2, 0.25) is 0 Å². The van der Waals surface area contributed by atoms with Crippen LogP contribution in [0.15, 0.2) is 24.3 Å². The average Bonchev–Trinajstić information content (AvgIpc) is 2.34. The van der Waals surface area contributed by atoms with Crippen LogP contribution < -0.4 is 16.0 Å². The molecule has 0 aliphatic carbocycles. The van der Waals surface area contributed by atoms with Gasteiger partial charge < -0.3 is 10.2 Å². The van der Waals surface area contributed by atoms with Crippen LogP contribution >= 0.6 is 0 Å². The lowest BCUT2D eigenvalue weighted by molar-refractivity contribution is -0.274. The molecule has 0 unspecified atom stereocenters. The second-order valence-electron chi connectivity index (χ2n) is 3.92. The van der Waals surface area contributed by atoms with Crippen molar-refractivity contribution in [2.45, 2.75) is 12.5 Å². The molecule has 2 rings (SSSR count). The number of hydrazine groups is 1. The number of rotatable bonds is 2. The van der Waals surface area contributed by atoms with Crippen LogP contribution in [0, 0.1) is 0 Å². The predicted molar refractivity (Wildman–Crippen MR) is 61.2 cm³/mol. The fourth-order valence-corrected chi connectivity index (χ4v) is 1.67. The topological polar surface area (TPSA) is 60.2 Å². The highest BCUT2D eigenvalue weighted by Crippen LogP contribution is 2.34. The van der Waals surface area contributed by atoms with Crippen molar-refractivity contribution in [3.8, 4) is 5.75 Å². The lowest BCUT2D eigenvalue weighted by atomic mass is 10.1. The SMILES string of the molecule is NNc1cc(C(F)(F)F)nc2ccc(OC(F)(F)F)cc12. The van der Waals surface area contributed by atoms with E-state index in [1.54, 1.807) is 0 Å². The van der Waals surface area contributed by atoms with Crippen LogP contribution in [0.1, 0.15) is 5.69 Å². The summed E-state index contributed by atoms with van der Waals surface area (Å²) >= 11 is 0. The van der Waals surface area contributed by atoms with Gasteiger partial charge in [-0.3, -0.25) is 5.84 Å². The summed E-state index contributed by atoms with van der Waals surface area (Å²) < 4.78 is 77.9. The van der Waals surface area contributed by atoms with Crippen LogP contribution in [0.3, 0.4) is 0 Å². The third-order valence-corrected chi connectivity index (χ3v) is 2.46. The van der Waals surface area contributed by atoms with Gasteiger partial charge in [0.1, 0.15) is 11.4 Å². The van der Waals surface area contributed by atoms with E-state index < -0.39 is 24.0 Å². The monoisotopic (exact) mass is 311 g/mol. The Bertz CT molecular complexity index is 667. The van der Waals surface area contributed by atoms with E-state index in [1.165, 1.54) is 0 Å². The minimum Gasteiger partial charge on any atom is -0.406 e. The van der Waals surface area contributed by atoms with E-state index in [9.17, 15) is 26.3 Å². The second-order valence-corrected chi connectivity index (χ2v) is 3.92. The molecule has 0 aliphatic rings. The summed E-state index contributed by atoms with van der Waals surface area (Å²) in [5.74, 6) is 4.51. The summed E-state index contributed by atoms with van der Waals surface area (Å²) in [6, 6.07) is 3.33. The first-order valence-corrected chi connectivity index (χ1v) is 5.34. The molecular weight excluding hydrogens is 304 g/mol. The Morgan fingerprint density at radius 1 is 1.05 bits per heavy atom. The first-order chi connectivity index (χ1) is 9.60. The number of pyridine rings is 1. The molecule has 0 spiro atoms. The number of nitrogen functional groups attached to an aromatic ring is 1. The van der Waals surface area contributed by atoms with Crippen molar-refractivity contribution in [3.63, 3.8) is 0 Å². The molecule has 10 heteroatoms. The van der Waals surface area contributed by atoms with Crippen LogP contribution in [-0.4, -0.2) is 11.3 Å². The Morgan fingerprint density at radius 2 is 1.71 bits per heavy atom. The molecule has 1 aromatic heterocycles. The van der Waals surface area contributed by atoms with Gasteiger partial charge in [0.05, 0.1) is 11.2 Å². The maximum Gasteiger partial charge on any atom is 0.573 e. The van der Waals surface area contributed by atoms with Gasteiger partial charge >= 0.3 is 12.5 Å². The molecule has 4 nitrogen and oxygen atoms in total. The van der Waals surface area contributed by atoms with Crippen molar-refractivity contribution in [2.24, 2.45) is 5.84 Å². The second kappa shape index (κ2) is 4.95. The van der Waals surface area contributed by atoms with E-state index in [4.69, 9.17) is 5.84 Å². The van der Waals surface area contributed by atoms with Gasteiger partial charge in [-0.2, -0.15) is 13.2 Å². The maximum absolute atomic E-state index is 12.6. The highest BCUT2D eigenvalue weighted by atomic mass is 19.4. The zero-order valence-electron chi connectivity index (χ0n) is 10.0. The zero-order chi connectivity index (χ0) is 15.8. The van der Waals surface area contributed by atoms with E-state index in [-0.39, 0.29) is 16.6 Å². The highest BCUT2D eigenvalue weighted by molar-refractivity contribution is 5.92. The van der Waals surface area contributed by atoms with Gasteiger partial charge in [0, 0.05) is 5.39 Å². The number of fused-ring (bicyclic) bond motifs is 1. The number of nitrogens with one attached hydrogen (secondary N) is 1. The molecule has 2 aromatic rings. The zero-order valence-corrected chi connectivity index (χ0v) is 10.0. The number of nitrogens with zero attached hydrogens (tertiary/aromatic N) is 1. The number of alkyl halides is 6. The van der Waals surface area contributed by atoms with Gasteiger partial charge in [-0.05, 0) is 24.3 Å². The number of benzene rings is 1. The maximum atomic E-state index is 12.6. The minimum atomic E-state index is -4.91. The summed E-state index contributed by atoms with van der Waals surface area (Å²) in [6.07, 6.45) is -9.62. The molecule has 0 saturated carbocycles. The fourth-order valence-electron chi connectivity index (χ4n) is 1.67. The molecule has 1 heterocycles. The van der Waals surface area contributed by atoms with Crippen molar-refractivity contribution in [1.82, 2.24) is 4.98 Å². The number of aromatic nitrogens is 1. The molecule has 3 N–H and O–H groups in total. The van der Waals surface area contributed by atoms with Gasteiger partial charge in [0.2, 0.25) is 0 Å². The van der Waals surface area contributed by atoms with E-state index in [1.807, 2.05) is 5.43 Å². The largest absolute Gasteiger partial charge is 0.573 e. The number of ether oxygens (including phenoxy) is 1. The summed E-state index contributed by atoms with van der Waals surface area (Å²) in [7, 11) is 0. The van der Waals surface area contributed by atoms with E-state index in [0.29, 0.717) is 6.07 Å². The molecule has 0 aliphatic heterocycles. The number of hydrogen-bond donors (Lipinski definition) is 2. The van der Waals surface area contributed by atoms with Crippen LogP contribution in [0.25, 0.3) is 10.9 Å². The van der Waals surface area contributed by atoms with E-state index in [2.05, 4.69) is 9.72 Å². The fraction of sp³-hybridized carbons (Fsp3) is 0.182. The Hall–Kier alpha value is -2.23. The first-order valence-electron chi connectivity index (χ1n) is 5.34. The summed E-state index contributed by atoms with van der Waals surface area (Å²) in [4.78, 5) is 3.34. The highest BCUT2D eigenvalue weighted by Gasteiger charge is 2.34. The minimum absolute atomic E-state index is 0.0350. The molecule has 0 amide bonds. The van der Waals surface area contributed by atoms with Crippen molar-refractivity contribution in [2.75, 3.05) is 5.43 Å². The Labute approximate surface area is 113 Å². The standard InChI is InChI=1S/C11H7F6N3O/c12-10(13,14)9-4-8(20-18)6-3-5(21-11(15,16)17)1-2-7(6)19-9/h1-4H,18H2,(H,19,20). The van der Waals surface area contributed by atoms with Gasteiger partial charge in [-0.25, -0.2) is 4.98 Å². The number of hydrogen-bond acceptors (Lipinski definition) is 4. The third kappa shape index (κ3) is 3.45. The molecule has 0 fully saturated rings. The number of nitrogens with two attached hydrogens (primary N) is 1. The molecule has 114 valence electrons. The summed E-state index contributed by atoms with van der Waals surface area (Å²) in [6.45, 7) is 0. The molecule has 21 heavy (non-hydrogen) atoms. The van der Waals surface area contributed by atoms with Crippen LogP contribution in [0.5, 0.6) is 5.75 Å². The number of anilines is 1. The van der Waals surface area contributed by atoms with Gasteiger partial charge in [0.25, 0.3) is 0 Å². The lowest BCUT2D eigenvalue weighted by Gasteiger charge is -2.13. The van der Waals surface area contributed by atoms with Crippen molar-refractivity contribution in [1.29, 1.82) is 0 Å². The molecule has 0 radical (unpaired) electrons. The number of halogens is 6. The Balaban J connectivity index is 2.57. The molecule has 1 aromatic carbocycles. The average molecular weight is 311 g/mol. The Morgan fingerprint density at radius 3 is 2.24 bits per heavy atom. The first kappa shape index (κ1) is 15.2. The Kier molecular flexibility index (Phi) is 3.58. The van der Waals surface area contributed by atoms with E-state index in [0.717, 1.165) is 18.2 Å². The van der Waals surface area contributed by atoms with Crippen LogP contribution in [0.4, 0.5) is 32.0 Å². The van der Waals surface area contributed by atoms with Gasteiger partial charge in [0.15, 0.2) is 0 Å².